The van der Waals surface area contributed by atoms with Crippen LogP contribution in [0.25, 0.3) is 0 Å². The van der Waals surface area contributed by atoms with E-state index in [9.17, 15) is 0 Å². The van der Waals surface area contributed by atoms with Crippen molar-refractivity contribution in [2.75, 3.05) is 28.2 Å². The Morgan fingerprint density at radius 3 is 0.688 bits per heavy atom. The smallest absolute Gasteiger partial charge is 0.759 e. The summed E-state index contributed by atoms with van der Waals surface area (Å²) in [7, 11) is -1.83. The van der Waals surface area contributed by atoms with E-state index in [1.165, 1.54) is 0 Å². The third-order valence-corrected chi connectivity index (χ3v) is 0. The molecule has 0 aromatic rings. The zero-order valence-electron chi connectivity index (χ0n) is 9.03. The second-order valence-corrected chi connectivity index (χ2v) is 5.13. The molecule has 0 aromatic heterocycles. The van der Waals surface area contributed by atoms with Gasteiger partial charge in [0.05, 0.1) is 28.2 Å². The first-order valence-corrected chi connectivity index (χ1v) is 5.79. The standard InChI is InChI=1S/C4H12N.Ce.2H2O4S/c1-5(2,3)4;;2*1-5(2,3)4/h1-4H3;;2*(H2,1,2,3,4)/q+1;+3;;/p-4. The van der Waals surface area contributed by atoms with E-state index in [0.717, 1.165) is 4.48 Å². The van der Waals surface area contributed by atoms with Gasteiger partial charge in [-0.2, -0.15) is 0 Å². The Kier molecular flexibility index (Phi) is 16.2. The van der Waals surface area contributed by atoms with Crippen molar-refractivity contribution in [3.8, 4) is 0 Å². The predicted octanol–water partition coefficient (Wildman–Crippen LogP) is -2.35. The second-order valence-electron chi connectivity index (χ2n) is 3.50. The second kappa shape index (κ2) is 10.0. The van der Waals surface area contributed by atoms with Crippen LogP contribution in [-0.2, 0) is 20.8 Å². The first-order chi connectivity index (χ1) is 6.00. The monoisotopic (exact) mass is 406 g/mol. The quantitative estimate of drug-likeness (QED) is 0.245. The summed E-state index contributed by atoms with van der Waals surface area (Å²) >= 11 is 0. The minimum Gasteiger partial charge on any atom is -0.759 e. The first-order valence-electron chi connectivity index (χ1n) is 3.12. The Morgan fingerprint density at radius 1 is 0.688 bits per heavy atom. The molecular weight excluding hydrogens is 394 g/mol. The number of hydrogen-bond donors (Lipinski definition) is 0. The topological polar surface area (TPSA) is 161 Å². The van der Waals surface area contributed by atoms with Gasteiger partial charge in [0.25, 0.3) is 0 Å². The van der Waals surface area contributed by atoms with Crippen LogP contribution >= 0.6 is 0 Å². The summed E-state index contributed by atoms with van der Waals surface area (Å²) in [4.78, 5) is 0. The molecule has 0 saturated heterocycles. The maximum Gasteiger partial charge on any atom is 3.00 e. The molecular formula is C4H12CeNO8S2. The normalized spacial score (nSPS) is 11.0. The zero-order chi connectivity index (χ0) is 13.5. The van der Waals surface area contributed by atoms with Crippen LogP contribution in [0.5, 0.6) is 0 Å². The Hall–Kier alpha value is 1.08. The Balaban J connectivity index is -0.0000000655. The molecule has 0 aliphatic carbocycles. The number of rotatable bonds is 0. The predicted molar refractivity (Wildman–Crippen MR) is 44.9 cm³/mol. The van der Waals surface area contributed by atoms with Crippen LogP contribution in [0, 0.1) is 41.7 Å². The molecule has 0 spiro atoms. The van der Waals surface area contributed by atoms with Crippen molar-refractivity contribution in [2.45, 2.75) is 0 Å². The Bertz CT molecular complexity index is 289. The zero-order valence-corrected chi connectivity index (χ0v) is 13.8. The van der Waals surface area contributed by atoms with Gasteiger partial charge in [0.15, 0.2) is 0 Å². The minimum atomic E-state index is -5.17. The molecule has 0 amide bonds. The van der Waals surface area contributed by atoms with Gasteiger partial charge in [0.1, 0.15) is 0 Å². The van der Waals surface area contributed by atoms with Crippen LogP contribution in [-0.4, -0.2) is 67.7 Å². The van der Waals surface area contributed by atoms with Crippen LogP contribution in [0.3, 0.4) is 0 Å². The molecule has 1 radical (unpaired) electrons. The van der Waals surface area contributed by atoms with Crippen molar-refractivity contribution in [1.82, 2.24) is 0 Å². The van der Waals surface area contributed by atoms with E-state index in [2.05, 4.69) is 28.2 Å². The first kappa shape index (κ1) is 25.8. The molecule has 9 nitrogen and oxygen atoms in total. The van der Waals surface area contributed by atoms with E-state index >= 15 is 0 Å². The molecule has 0 aliphatic heterocycles. The van der Waals surface area contributed by atoms with Crippen LogP contribution in [0.4, 0.5) is 0 Å². The van der Waals surface area contributed by atoms with E-state index in [4.69, 9.17) is 35.0 Å². The van der Waals surface area contributed by atoms with Gasteiger partial charge in [-0.25, -0.2) is 0 Å². The molecule has 0 rings (SSSR count). The fourth-order valence-corrected chi connectivity index (χ4v) is 0. The van der Waals surface area contributed by atoms with Crippen molar-refractivity contribution in [1.29, 1.82) is 0 Å². The number of quaternary nitrogens is 1. The van der Waals surface area contributed by atoms with Crippen LogP contribution in [0.15, 0.2) is 0 Å². The van der Waals surface area contributed by atoms with Crippen molar-refractivity contribution in [2.24, 2.45) is 0 Å². The van der Waals surface area contributed by atoms with Gasteiger partial charge in [-0.1, -0.05) is 0 Å². The molecule has 0 saturated carbocycles. The Morgan fingerprint density at radius 2 is 0.688 bits per heavy atom. The molecule has 0 aliphatic rings. The minimum absolute atomic E-state index is 0. The van der Waals surface area contributed by atoms with Crippen molar-refractivity contribution < 1.29 is 81.3 Å². The van der Waals surface area contributed by atoms with E-state index in [0.29, 0.717) is 0 Å². The number of nitrogens with zero attached hydrogens (tertiary/aromatic N) is 1. The average Bonchev–Trinajstić information content (AvgIpc) is 1.41. The van der Waals surface area contributed by atoms with Gasteiger partial charge in [-0.3, -0.25) is 16.8 Å². The van der Waals surface area contributed by atoms with Crippen LogP contribution in [0.1, 0.15) is 0 Å². The molecule has 0 aromatic carbocycles. The van der Waals surface area contributed by atoms with E-state index in [1.807, 2.05) is 0 Å². The SMILES string of the molecule is C[N+](C)(C)C.O=S(=O)([O-])[O-].O=S(=O)([O-])[O-].[Ce+3]. The molecule has 0 heterocycles. The molecule has 0 atom stereocenters. The van der Waals surface area contributed by atoms with Gasteiger partial charge in [0, 0.05) is 20.8 Å². The van der Waals surface area contributed by atoms with Crippen LogP contribution < -0.4 is 0 Å². The average molecular weight is 406 g/mol. The van der Waals surface area contributed by atoms with Crippen molar-refractivity contribution in [3.63, 3.8) is 0 Å². The molecule has 12 heteroatoms. The molecule has 0 bridgehead atoms. The van der Waals surface area contributed by atoms with Crippen LogP contribution in [0.2, 0.25) is 0 Å². The van der Waals surface area contributed by atoms with Gasteiger partial charge >= 0.3 is 41.7 Å². The fourth-order valence-electron chi connectivity index (χ4n) is 0. The fraction of sp³-hybridized carbons (Fsp3) is 1.00. The van der Waals surface area contributed by atoms with Gasteiger partial charge in [0.2, 0.25) is 0 Å². The molecule has 97 valence electrons. The van der Waals surface area contributed by atoms with Gasteiger partial charge in [-0.15, -0.1) is 0 Å². The maximum atomic E-state index is 8.52. The third-order valence-electron chi connectivity index (χ3n) is 0. The molecule has 0 fully saturated rings. The summed E-state index contributed by atoms with van der Waals surface area (Å²) in [6.45, 7) is 0. The van der Waals surface area contributed by atoms with E-state index in [-0.39, 0.29) is 41.7 Å². The summed E-state index contributed by atoms with van der Waals surface area (Å²) < 4.78 is 69.2. The Labute approximate surface area is 129 Å². The largest absolute Gasteiger partial charge is 3.00 e. The maximum absolute atomic E-state index is 8.52. The van der Waals surface area contributed by atoms with E-state index in [1.54, 1.807) is 0 Å². The number of hydrogen-bond acceptors (Lipinski definition) is 8. The van der Waals surface area contributed by atoms with Crippen molar-refractivity contribution >= 4 is 20.8 Å². The van der Waals surface area contributed by atoms with Gasteiger partial charge in [-0.05, 0) is 0 Å². The summed E-state index contributed by atoms with van der Waals surface area (Å²) in [5.41, 5.74) is 0. The third kappa shape index (κ3) is 2580. The molecule has 16 heavy (non-hydrogen) atoms. The molecule has 0 N–H and O–H groups in total. The van der Waals surface area contributed by atoms with E-state index < -0.39 is 20.8 Å². The summed E-state index contributed by atoms with van der Waals surface area (Å²) in [5, 5.41) is 0. The van der Waals surface area contributed by atoms with Gasteiger partial charge < -0.3 is 22.7 Å². The summed E-state index contributed by atoms with van der Waals surface area (Å²) in [6.07, 6.45) is 0. The van der Waals surface area contributed by atoms with Crippen molar-refractivity contribution in [3.05, 3.63) is 0 Å². The summed E-state index contributed by atoms with van der Waals surface area (Å²) in [5.74, 6) is 0. The molecule has 0 unspecified atom stereocenters. The summed E-state index contributed by atoms with van der Waals surface area (Å²) in [6, 6.07) is 0.